The minimum atomic E-state index is -3.41. The van der Waals surface area contributed by atoms with E-state index in [2.05, 4.69) is 19.2 Å². The van der Waals surface area contributed by atoms with Crippen molar-refractivity contribution >= 4 is 33.1 Å². The van der Waals surface area contributed by atoms with Crippen molar-refractivity contribution in [3.63, 3.8) is 0 Å². The first-order valence-electron chi connectivity index (χ1n) is 6.99. The average Bonchev–Trinajstić information content (AvgIpc) is 2.77. The third kappa shape index (κ3) is 4.96. The third-order valence-corrected chi connectivity index (χ3v) is 7.39. The van der Waals surface area contributed by atoms with Gasteiger partial charge in [-0.05, 0) is 26.2 Å². The Morgan fingerprint density at radius 1 is 1.38 bits per heavy atom. The maximum atomic E-state index is 12.7. The second kappa shape index (κ2) is 7.97. The number of rotatable bonds is 8. The monoisotopic (exact) mass is 350 g/mol. The lowest BCUT2D eigenvalue weighted by molar-refractivity contribution is 0.415. The van der Waals surface area contributed by atoms with E-state index in [0.717, 1.165) is 15.5 Å². The third-order valence-electron chi connectivity index (χ3n) is 3.29. The number of thiophene rings is 1. The van der Waals surface area contributed by atoms with E-state index in [1.807, 2.05) is 26.2 Å². The van der Waals surface area contributed by atoms with Crippen molar-refractivity contribution in [2.45, 2.75) is 51.2 Å². The minimum Gasteiger partial charge on any atom is -0.310 e. The summed E-state index contributed by atoms with van der Waals surface area (Å²) in [6.07, 6.45) is 1.99. The summed E-state index contributed by atoms with van der Waals surface area (Å²) in [4.78, 5) is 2.37. The molecule has 1 N–H and O–H groups in total. The molecular formula is C14H26N2O2S3. The summed E-state index contributed by atoms with van der Waals surface area (Å²) < 4.78 is 26.9. The minimum absolute atomic E-state index is 0.0125. The first kappa shape index (κ1) is 19.0. The summed E-state index contributed by atoms with van der Waals surface area (Å²) in [6, 6.07) is 2.19. The van der Waals surface area contributed by atoms with Gasteiger partial charge in [0.25, 0.3) is 0 Å². The maximum Gasteiger partial charge on any atom is 0.244 e. The predicted octanol–water partition coefficient (Wildman–Crippen LogP) is 2.93. The Hall–Kier alpha value is -0.0800. The second-order valence-corrected chi connectivity index (χ2v) is 9.71. The molecule has 0 radical (unpaired) electrons. The molecule has 1 aromatic rings. The highest BCUT2D eigenvalue weighted by Crippen LogP contribution is 2.29. The normalized spacial score (nSPS) is 14.1. The molecule has 0 saturated heterocycles. The van der Waals surface area contributed by atoms with Gasteiger partial charge in [0, 0.05) is 41.2 Å². The van der Waals surface area contributed by atoms with E-state index in [1.54, 1.807) is 30.1 Å². The van der Waals surface area contributed by atoms with Crippen LogP contribution in [0.1, 0.15) is 30.5 Å². The Morgan fingerprint density at radius 2 is 2.00 bits per heavy atom. The van der Waals surface area contributed by atoms with E-state index in [0.29, 0.717) is 17.5 Å². The Balaban J connectivity index is 2.98. The molecule has 0 spiro atoms. The molecule has 7 heteroatoms. The van der Waals surface area contributed by atoms with Crippen LogP contribution in [0.4, 0.5) is 0 Å². The van der Waals surface area contributed by atoms with Crippen LogP contribution >= 0.6 is 23.1 Å². The van der Waals surface area contributed by atoms with Crippen LogP contribution in [-0.2, 0) is 16.6 Å². The highest BCUT2D eigenvalue weighted by molar-refractivity contribution is 7.98. The number of nitrogens with one attached hydrogen (secondary N) is 1. The highest BCUT2D eigenvalue weighted by atomic mass is 32.2. The number of nitrogens with zero attached hydrogens (tertiary/aromatic N) is 1. The van der Waals surface area contributed by atoms with Crippen LogP contribution in [0, 0.1) is 6.92 Å². The zero-order valence-corrected chi connectivity index (χ0v) is 16.1. The molecule has 1 atom stereocenters. The standard InChI is InChI=1S/C14H26N2O2S3/c1-10(2)15-8-13-7-14(12(4)20-13)21(17,18)16(5)11(3)9-19-6/h7,10-11,15H,8-9H2,1-6H3. The molecule has 0 saturated carbocycles. The van der Waals surface area contributed by atoms with Gasteiger partial charge in [0.15, 0.2) is 0 Å². The van der Waals surface area contributed by atoms with Gasteiger partial charge in [-0.25, -0.2) is 8.42 Å². The molecule has 0 amide bonds. The van der Waals surface area contributed by atoms with Gasteiger partial charge in [0.05, 0.1) is 4.90 Å². The van der Waals surface area contributed by atoms with Gasteiger partial charge in [-0.1, -0.05) is 13.8 Å². The number of thioether (sulfide) groups is 1. The molecule has 1 unspecified atom stereocenters. The second-order valence-electron chi connectivity index (χ2n) is 5.49. The van der Waals surface area contributed by atoms with Crippen molar-refractivity contribution in [1.82, 2.24) is 9.62 Å². The number of hydrogen-bond donors (Lipinski definition) is 1. The van der Waals surface area contributed by atoms with E-state index < -0.39 is 10.0 Å². The fraction of sp³-hybridized carbons (Fsp3) is 0.714. The zero-order valence-electron chi connectivity index (χ0n) is 13.6. The lowest BCUT2D eigenvalue weighted by Crippen LogP contribution is -2.36. The van der Waals surface area contributed by atoms with Crippen LogP contribution in [0.25, 0.3) is 0 Å². The topological polar surface area (TPSA) is 49.4 Å². The van der Waals surface area contributed by atoms with Crippen molar-refractivity contribution in [3.05, 3.63) is 15.8 Å². The fourth-order valence-corrected chi connectivity index (χ4v) is 5.62. The summed E-state index contributed by atoms with van der Waals surface area (Å²) in [5.41, 5.74) is 0. The van der Waals surface area contributed by atoms with Crippen molar-refractivity contribution < 1.29 is 8.42 Å². The van der Waals surface area contributed by atoms with Crippen molar-refractivity contribution in [3.8, 4) is 0 Å². The summed E-state index contributed by atoms with van der Waals surface area (Å²) >= 11 is 3.21. The van der Waals surface area contributed by atoms with Gasteiger partial charge < -0.3 is 5.32 Å². The van der Waals surface area contributed by atoms with Gasteiger partial charge >= 0.3 is 0 Å². The molecule has 122 valence electrons. The number of aryl methyl sites for hydroxylation is 1. The fourth-order valence-electron chi connectivity index (χ4n) is 1.91. The highest BCUT2D eigenvalue weighted by Gasteiger charge is 2.28. The predicted molar refractivity (Wildman–Crippen MR) is 93.8 cm³/mol. The molecule has 0 aliphatic rings. The Morgan fingerprint density at radius 3 is 2.52 bits per heavy atom. The van der Waals surface area contributed by atoms with E-state index in [1.165, 1.54) is 4.31 Å². The SMILES string of the molecule is CSCC(C)N(C)S(=O)(=O)c1cc(CNC(C)C)sc1C. The van der Waals surface area contributed by atoms with E-state index in [-0.39, 0.29) is 6.04 Å². The molecule has 1 heterocycles. The van der Waals surface area contributed by atoms with E-state index in [4.69, 9.17) is 0 Å². The molecule has 0 fully saturated rings. The van der Waals surface area contributed by atoms with Crippen LogP contribution in [0.3, 0.4) is 0 Å². The first-order chi connectivity index (χ1) is 9.70. The van der Waals surface area contributed by atoms with Crippen LogP contribution in [0.15, 0.2) is 11.0 Å². The molecule has 1 aromatic heterocycles. The van der Waals surface area contributed by atoms with Gasteiger partial charge in [-0.2, -0.15) is 16.1 Å². The molecule has 0 bridgehead atoms. The van der Waals surface area contributed by atoms with Crippen molar-refractivity contribution in [2.75, 3.05) is 19.1 Å². The van der Waals surface area contributed by atoms with Gasteiger partial charge in [0.2, 0.25) is 10.0 Å². The van der Waals surface area contributed by atoms with Gasteiger partial charge in [-0.15, -0.1) is 11.3 Å². The summed E-state index contributed by atoms with van der Waals surface area (Å²) in [5, 5.41) is 3.32. The molecule has 0 aliphatic heterocycles. The molecule has 1 rings (SSSR count). The Labute approximate surface area is 137 Å². The molecule has 21 heavy (non-hydrogen) atoms. The van der Waals surface area contributed by atoms with Crippen molar-refractivity contribution in [1.29, 1.82) is 0 Å². The smallest absolute Gasteiger partial charge is 0.244 e. The van der Waals surface area contributed by atoms with Crippen LogP contribution < -0.4 is 5.32 Å². The lowest BCUT2D eigenvalue weighted by atomic mass is 10.3. The summed E-state index contributed by atoms with van der Waals surface area (Å²) in [6.45, 7) is 8.69. The lowest BCUT2D eigenvalue weighted by Gasteiger charge is -2.23. The molecule has 0 aliphatic carbocycles. The summed E-state index contributed by atoms with van der Waals surface area (Å²) in [5.74, 6) is 0.792. The molecular weight excluding hydrogens is 324 g/mol. The summed E-state index contributed by atoms with van der Waals surface area (Å²) in [7, 11) is -1.74. The number of hydrogen-bond acceptors (Lipinski definition) is 5. The van der Waals surface area contributed by atoms with Crippen LogP contribution in [-0.4, -0.2) is 43.9 Å². The maximum absolute atomic E-state index is 12.7. The van der Waals surface area contributed by atoms with Crippen LogP contribution in [0.5, 0.6) is 0 Å². The molecule has 4 nitrogen and oxygen atoms in total. The van der Waals surface area contributed by atoms with E-state index in [9.17, 15) is 8.42 Å². The van der Waals surface area contributed by atoms with Gasteiger partial charge in [-0.3, -0.25) is 0 Å². The van der Waals surface area contributed by atoms with Gasteiger partial charge in [0.1, 0.15) is 0 Å². The largest absolute Gasteiger partial charge is 0.310 e. The Kier molecular flexibility index (Phi) is 7.19. The quantitative estimate of drug-likeness (QED) is 0.783. The zero-order chi connectivity index (χ0) is 16.2. The van der Waals surface area contributed by atoms with Crippen LogP contribution in [0.2, 0.25) is 0 Å². The molecule has 0 aromatic carbocycles. The number of sulfonamides is 1. The van der Waals surface area contributed by atoms with Crippen molar-refractivity contribution in [2.24, 2.45) is 0 Å². The van der Waals surface area contributed by atoms with E-state index >= 15 is 0 Å². The Bertz CT molecular complexity index is 553. The first-order valence-corrected chi connectivity index (χ1v) is 10.6. The average molecular weight is 351 g/mol.